The molecule has 108 valence electrons. The molecule has 2 N–H and O–H groups in total. The molecule has 0 aliphatic rings. The highest BCUT2D eigenvalue weighted by Crippen LogP contribution is 2.34. The molecule has 2 nitrogen and oxygen atoms in total. The van der Waals surface area contributed by atoms with Crippen LogP contribution in [0.4, 0.5) is 0 Å². The molecular formula is C16H28O2Si. The summed E-state index contributed by atoms with van der Waals surface area (Å²) in [6, 6.07) is 4.74. The molecule has 0 spiro atoms. The Hall–Kier alpha value is -0.963. The molecule has 0 atom stereocenters. The maximum atomic E-state index is 10.1. The number of aryl methyl sites for hydroxylation is 1. The van der Waals surface area contributed by atoms with Gasteiger partial charge >= 0.3 is 0 Å². The average Bonchev–Trinajstić information content (AvgIpc) is 2.32. The Kier molecular flexibility index (Phi) is 5.92. The highest BCUT2D eigenvalue weighted by atomic mass is 28.3. The molecule has 0 unspecified atom stereocenters. The number of unbranched alkanes of at least 4 members (excludes halogenated alkanes) is 2. The summed E-state index contributed by atoms with van der Waals surface area (Å²) < 4.78 is 0. The van der Waals surface area contributed by atoms with Gasteiger partial charge in [0.15, 0.2) is 11.5 Å². The Morgan fingerprint density at radius 2 is 1.68 bits per heavy atom. The Bertz CT molecular complexity index is 408. The second-order valence-electron chi connectivity index (χ2n) is 6.59. The van der Waals surface area contributed by atoms with Gasteiger partial charge in [0.05, 0.1) is 0 Å². The van der Waals surface area contributed by atoms with Gasteiger partial charge in [-0.2, -0.15) is 0 Å². The molecule has 1 aromatic carbocycles. The fourth-order valence-electron chi connectivity index (χ4n) is 2.24. The molecular weight excluding hydrogens is 252 g/mol. The normalized spacial score (nSPS) is 11.8. The highest BCUT2D eigenvalue weighted by Gasteiger charge is 2.17. The lowest BCUT2D eigenvalue weighted by atomic mass is 9.98. The minimum Gasteiger partial charge on any atom is -0.504 e. The molecule has 0 saturated heterocycles. The van der Waals surface area contributed by atoms with E-state index in [0.717, 1.165) is 30.9 Å². The van der Waals surface area contributed by atoms with E-state index in [0.29, 0.717) is 0 Å². The lowest BCUT2D eigenvalue weighted by Gasteiger charge is -2.18. The van der Waals surface area contributed by atoms with Crippen LogP contribution in [0.3, 0.4) is 0 Å². The summed E-state index contributed by atoms with van der Waals surface area (Å²) in [5.74, 6) is 0.122. The average molecular weight is 280 g/mol. The maximum Gasteiger partial charge on any atom is 0.160 e. The van der Waals surface area contributed by atoms with Crippen LogP contribution >= 0.6 is 0 Å². The summed E-state index contributed by atoms with van der Waals surface area (Å²) in [6.45, 7) is 9.21. The standard InChI is InChI=1S/C16H28O2Si/c1-5-6-7-8-13-9-10-15(17)16(18)14(13)11-12-19(2,3)4/h9-10,17-18H,5-8,11-12H2,1-4H3. The number of hydrogen-bond donors (Lipinski definition) is 2. The summed E-state index contributed by atoms with van der Waals surface area (Å²) in [5.41, 5.74) is 2.18. The molecule has 0 saturated carbocycles. The van der Waals surface area contributed by atoms with E-state index < -0.39 is 8.07 Å². The third kappa shape index (κ3) is 5.27. The molecule has 1 aromatic rings. The number of phenols is 2. The minimum absolute atomic E-state index is 0.0183. The third-order valence-electron chi connectivity index (χ3n) is 3.53. The SMILES string of the molecule is CCCCCc1ccc(O)c(O)c1CC[Si](C)(C)C. The van der Waals surface area contributed by atoms with Crippen molar-refractivity contribution in [2.24, 2.45) is 0 Å². The predicted molar refractivity (Wildman–Crippen MR) is 84.9 cm³/mol. The van der Waals surface area contributed by atoms with E-state index in [-0.39, 0.29) is 11.5 Å². The Balaban J connectivity index is 2.87. The first kappa shape index (κ1) is 16.1. The summed E-state index contributed by atoms with van der Waals surface area (Å²) in [7, 11) is -1.13. The Morgan fingerprint density at radius 3 is 2.26 bits per heavy atom. The van der Waals surface area contributed by atoms with E-state index in [1.165, 1.54) is 18.4 Å². The van der Waals surface area contributed by atoms with Crippen LogP contribution in [-0.2, 0) is 12.8 Å². The quantitative estimate of drug-likeness (QED) is 0.431. The number of phenolic OH excluding ortho intramolecular Hbond substituents is 2. The van der Waals surface area contributed by atoms with Crippen LogP contribution < -0.4 is 0 Å². The minimum atomic E-state index is -1.13. The van der Waals surface area contributed by atoms with E-state index in [2.05, 4.69) is 26.6 Å². The van der Waals surface area contributed by atoms with E-state index in [4.69, 9.17) is 0 Å². The number of hydrogen-bond acceptors (Lipinski definition) is 2. The van der Waals surface area contributed by atoms with Crippen LogP contribution in [0.25, 0.3) is 0 Å². The maximum absolute atomic E-state index is 10.1. The van der Waals surface area contributed by atoms with Crippen molar-refractivity contribution in [3.63, 3.8) is 0 Å². The number of benzene rings is 1. The van der Waals surface area contributed by atoms with E-state index >= 15 is 0 Å². The zero-order valence-electron chi connectivity index (χ0n) is 12.8. The van der Waals surface area contributed by atoms with Crippen molar-refractivity contribution in [2.45, 2.75) is 64.7 Å². The molecule has 1 rings (SSSR count). The fraction of sp³-hybridized carbons (Fsp3) is 0.625. The van der Waals surface area contributed by atoms with Crippen LogP contribution in [0.5, 0.6) is 11.5 Å². The van der Waals surface area contributed by atoms with Gasteiger partial charge in [-0.1, -0.05) is 51.5 Å². The molecule has 0 aliphatic heterocycles. The van der Waals surface area contributed by atoms with Crippen LogP contribution in [-0.4, -0.2) is 18.3 Å². The van der Waals surface area contributed by atoms with Crippen molar-refractivity contribution in [1.82, 2.24) is 0 Å². The predicted octanol–water partition coefficient (Wildman–Crippen LogP) is 4.71. The summed E-state index contributed by atoms with van der Waals surface area (Å²) in [6.07, 6.45) is 5.46. The first-order valence-corrected chi connectivity index (χ1v) is 11.1. The lowest BCUT2D eigenvalue weighted by molar-refractivity contribution is 0.398. The van der Waals surface area contributed by atoms with Gasteiger partial charge in [0, 0.05) is 13.6 Å². The van der Waals surface area contributed by atoms with Gasteiger partial charge in [-0.15, -0.1) is 0 Å². The highest BCUT2D eigenvalue weighted by molar-refractivity contribution is 6.76. The second kappa shape index (κ2) is 6.99. The van der Waals surface area contributed by atoms with Crippen molar-refractivity contribution in [3.8, 4) is 11.5 Å². The second-order valence-corrected chi connectivity index (χ2v) is 12.2. The van der Waals surface area contributed by atoms with Crippen molar-refractivity contribution in [3.05, 3.63) is 23.3 Å². The molecule has 0 aliphatic carbocycles. The topological polar surface area (TPSA) is 40.5 Å². The number of aromatic hydroxyl groups is 2. The molecule has 0 heterocycles. The van der Waals surface area contributed by atoms with Crippen molar-refractivity contribution in [1.29, 1.82) is 0 Å². The first-order chi connectivity index (χ1) is 8.85. The van der Waals surface area contributed by atoms with Gasteiger partial charge in [0.2, 0.25) is 0 Å². The fourth-order valence-corrected chi connectivity index (χ4v) is 3.24. The zero-order valence-corrected chi connectivity index (χ0v) is 13.8. The van der Waals surface area contributed by atoms with Gasteiger partial charge in [-0.25, -0.2) is 0 Å². The van der Waals surface area contributed by atoms with E-state index in [1.54, 1.807) is 6.07 Å². The smallest absolute Gasteiger partial charge is 0.160 e. The largest absolute Gasteiger partial charge is 0.504 e. The Morgan fingerprint density at radius 1 is 1.00 bits per heavy atom. The van der Waals surface area contributed by atoms with Gasteiger partial charge in [-0.05, 0) is 30.9 Å². The molecule has 0 fully saturated rings. The van der Waals surface area contributed by atoms with E-state index in [9.17, 15) is 10.2 Å². The molecule has 0 amide bonds. The van der Waals surface area contributed by atoms with Gasteiger partial charge < -0.3 is 10.2 Å². The molecule has 0 radical (unpaired) electrons. The van der Waals surface area contributed by atoms with Crippen LogP contribution in [0.1, 0.15) is 37.3 Å². The van der Waals surface area contributed by atoms with Crippen molar-refractivity contribution in [2.75, 3.05) is 0 Å². The van der Waals surface area contributed by atoms with Gasteiger partial charge in [0.1, 0.15) is 0 Å². The molecule has 3 heteroatoms. The third-order valence-corrected chi connectivity index (χ3v) is 5.28. The summed E-state index contributed by atoms with van der Waals surface area (Å²) >= 11 is 0. The van der Waals surface area contributed by atoms with Crippen LogP contribution in [0.2, 0.25) is 25.7 Å². The van der Waals surface area contributed by atoms with Gasteiger partial charge in [0.25, 0.3) is 0 Å². The summed E-state index contributed by atoms with van der Waals surface area (Å²) in [4.78, 5) is 0. The van der Waals surface area contributed by atoms with E-state index in [1.807, 2.05) is 6.07 Å². The Labute approximate surface area is 118 Å². The monoisotopic (exact) mass is 280 g/mol. The molecule has 0 bridgehead atoms. The lowest BCUT2D eigenvalue weighted by Crippen LogP contribution is -2.20. The number of rotatable bonds is 7. The van der Waals surface area contributed by atoms with Crippen molar-refractivity contribution < 1.29 is 10.2 Å². The molecule has 0 aromatic heterocycles. The zero-order chi connectivity index (χ0) is 14.5. The summed E-state index contributed by atoms with van der Waals surface area (Å²) in [5, 5.41) is 19.8. The van der Waals surface area contributed by atoms with Gasteiger partial charge in [-0.3, -0.25) is 0 Å². The van der Waals surface area contributed by atoms with Crippen LogP contribution in [0.15, 0.2) is 12.1 Å². The molecule has 19 heavy (non-hydrogen) atoms. The van der Waals surface area contributed by atoms with Crippen molar-refractivity contribution >= 4 is 8.07 Å². The first-order valence-electron chi connectivity index (χ1n) is 7.38. The van der Waals surface area contributed by atoms with Crippen LogP contribution in [0, 0.1) is 0 Å².